The SMILES string of the molecule is COCCCS(=O)(=O)Nc1ccc(CN)cc1OC. The fraction of sp³-hybridized carbons (Fsp3) is 0.500. The maximum atomic E-state index is 11.9. The van der Waals surface area contributed by atoms with Crippen LogP contribution in [0.2, 0.25) is 0 Å². The first-order chi connectivity index (χ1) is 9.02. The molecule has 0 unspecified atom stereocenters. The van der Waals surface area contributed by atoms with Crippen LogP contribution in [0.15, 0.2) is 18.2 Å². The van der Waals surface area contributed by atoms with Crippen molar-refractivity contribution in [1.29, 1.82) is 0 Å². The van der Waals surface area contributed by atoms with E-state index in [9.17, 15) is 8.42 Å². The lowest BCUT2D eigenvalue weighted by molar-refractivity contribution is 0.199. The van der Waals surface area contributed by atoms with Gasteiger partial charge in [0.1, 0.15) is 5.75 Å². The molecule has 108 valence electrons. The van der Waals surface area contributed by atoms with E-state index in [2.05, 4.69) is 4.72 Å². The molecule has 0 aliphatic rings. The highest BCUT2D eigenvalue weighted by Crippen LogP contribution is 2.26. The first-order valence-electron chi connectivity index (χ1n) is 5.89. The molecule has 0 atom stereocenters. The summed E-state index contributed by atoms with van der Waals surface area (Å²) in [5, 5.41) is 0. The van der Waals surface area contributed by atoms with Gasteiger partial charge in [-0.2, -0.15) is 0 Å². The fourth-order valence-electron chi connectivity index (χ4n) is 1.56. The van der Waals surface area contributed by atoms with Gasteiger partial charge in [0.2, 0.25) is 10.0 Å². The summed E-state index contributed by atoms with van der Waals surface area (Å²) in [6.07, 6.45) is 0.440. The third-order valence-electron chi connectivity index (χ3n) is 2.53. The molecule has 0 saturated heterocycles. The molecule has 0 heterocycles. The largest absolute Gasteiger partial charge is 0.495 e. The van der Waals surface area contributed by atoms with Gasteiger partial charge in [0.15, 0.2) is 0 Å². The lowest BCUT2D eigenvalue weighted by atomic mass is 10.2. The van der Waals surface area contributed by atoms with Gasteiger partial charge in [0.25, 0.3) is 0 Å². The Morgan fingerprint density at radius 3 is 2.63 bits per heavy atom. The Labute approximate surface area is 113 Å². The number of hydrogen-bond acceptors (Lipinski definition) is 5. The van der Waals surface area contributed by atoms with Crippen molar-refractivity contribution in [3.8, 4) is 5.75 Å². The average Bonchev–Trinajstić information content (AvgIpc) is 2.39. The van der Waals surface area contributed by atoms with Crippen LogP contribution in [0, 0.1) is 0 Å². The topological polar surface area (TPSA) is 90.7 Å². The molecule has 6 nitrogen and oxygen atoms in total. The second-order valence-electron chi connectivity index (χ2n) is 4.01. The molecule has 0 aliphatic heterocycles. The lowest BCUT2D eigenvalue weighted by Gasteiger charge is -2.12. The van der Waals surface area contributed by atoms with E-state index in [1.807, 2.05) is 0 Å². The molecule has 1 rings (SSSR count). The number of sulfonamides is 1. The number of methoxy groups -OCH3 is 2. The maximum Gasteiger partial charge on any atom is 0.232 e. The predicted molar refractivity (Wildman–Crippen MR) is 74.8 cm³/mol. The number of rotatable bonds is 8. The highest BCUT2D eigenvalue weighted by Gasteiger charge is 2.13. The Hall–Kier alpha value is -1.31. The van der Waals surface area contributed by atoms with Gasteiger partial charge in [0, 0.05) is 20.3 Å². The molecule has 0 radical (unpaired) electrons. The van der Waals surface area contributed by atoms with Gasteiger partial charge in [-0.3, -0.25) is 4.72 Å². The van der Waals surface area contributed by atoms with Crippen LogP contribution in [-0.4, -0.2) is 35.0 Å². The van der Waals surface area contributed by atoms with Crippen molar-refractivity contribution in [2.75, 3.05) is 31.3 Å². The van der Waals surface area contributed by atoms with Gasteiger partial charge in [-0.1, -0.05) is 6.07 Å². The zero-order valence-electron chi connectivity index (χ0n) is 11.2. The van der Waals surface area contributed by atoms with Crippen molar-refractivity contribution in [2.24, 2.45) is 5.73 Å². The molecule has 1 aromatic carbocycles. The van der Waals surface area contributed by atoms with E-state index in [-0.39, 0.29) is 5.75 Å². The third-order valence-corrected chi connectivity index (χ3v) is 3.89. The number of ether oxygens (including phenoxy) is 2. The van der Waals surface area contributed by atoms with Crippen molar-refractivity contribution < 1.29 is 17.9 Å². The molecule has 1 aromatic rings. The van der Waals surface area contributed by atoms with Crippen molar-refractivity contribution in [1.82, 2.24) is 0 Å². The molecule has 0 saturated carbocycles. The van der Waals surface area contributed by atoms with Crippen LogP contribution in [0.1, 0.15) is 12.0 Å². The first kappa shape index (κ1) is 15.7. The van der Waals surface area contributed by atoms with Crippen LogP contribution in [0.5, 0.6) is 5.75 Å². The molecule has 0 amide bonds. The molecule has 3 N–H and O–H groups in total. The molecule has 0 fully saturated rings. The quantitative estimate of drug-likeness (QED) is 0.695. The second kappa shape index (κ2) is 7.32. The Balaban J connectivity index is 2.80. The van der Waals surface area contributed by atoms with Crippen molar-refractivity contribution in [3.63, 3.8) is 0 Å². The van der Waals surface area contributed by atoms with Gasteiger partial charge >= 0.3 is 0 Å². The minimum absolute atomic E-state index is 0.00261. The normalized spacial score (nSPS) is 11.3. The van der Waals surface area contributed by atoms with Crippen LogP contribution < -0.4 is 15.2 Å². The Morgan fingerprint density at radius 2 is 2.05 bits per heavy atom. The predicted octanol–water partition coefficient (Wildman–Crippen LogP) is 0.932. The maximum absolute atomic E-state index is 11.9. The summed E-state index contributed by atoms with van der Waals surface area (Å²) in [6.45, 7) is 0.779. The second-order valence-corrected chi connectivity index (χ2v) is 5.85. The number of nitrogens with two attached hydrogens (primary N) is 1. The summed E-state index contributed by atoms with van der Waals surface area (Å²) >= 11 is 0. The first-order valence-corrected chi connectivity index (χ1v) is 7.54. The summed E-state index contributed by atoms with van der Waals surface area (Å²) < 4.78 is 36.2. The molecule has 7 heteroatoms. The molecule has 0 aromatic heterocycles. The zero-order chi connectivity index (χ0) is 14.3. The Bertz CT molecular complexity index is 502. The van der Waals surface area contributed by atoms with E-state index in [0.717, 1.165) is 5.56 Å². The smallest absolute Gasteiger partial charge is 0.232 e. The van der Waals surface area contributed by atoms with E-state index in [1.165, 1.54) is 14.2 Å². The molecular weight excluding hydrogens is 268 g/mol. The highest BCUT2D eigenvalue weighted by atomic mass is 32.2. The van der Waals surface area contributed by atoms with E-state index in [0.29, 0.717) is 31.0 Å². The summed E-state index contributed by atoms with van der Waals surface area (Å²) in [5.74, 6) is 0.459. The molecule has 19 heavy (non-hydrogen) atoms. The van der Waals surface area contributed by atoms with Crippen molar-refractivity contribution in [3.05, 3.63) is 23.8 Å². The van der Waals surface area contributed by atoms with Crippen LogP contribution in [0.3, 0.4) is 0 Å². The standard InChI is InChI=1S/C12H20N2O4S/c1-17-6-3-7-19(15,16)14-11-5-4-10(9-13)8-12(11)18-2/h4-5,8,14H,3,6-7,9,13H2,1-2H3. The van der Waals surface area contributed by atoms with Crippen molar-refractivity contribution in [2.45, 2.75) is 13.0 Å². The van der Waals surface area contributed by atoms with Gasteiger partial charge in [-0.05, 0) is 24.1 Å². The molecule has 0 aliphatic carbocycles. The fourth-order valence-corrected chi connectivity index (χ4v) is 2.66. The highest BCUT2D eigenvalue weighted by molar-refractivity contribution is 7.92. The summed E-state index contributed by atoms with van der Waals surface area (Å²) in [5.41, 5.74) is 6.81. The molecule has 0 spiro atoms. The summed E-state index contributed by atoms with van der Waals surface area (Å²) in [7, 11) is -0.379. The van der Waals surface area contributed by atoms with Crippen LogP contribution in [0.25, 0.3) is 0 Å². The summed E-state index contributed by atoms with van der Waals surface area (Å²) in [6, 6.07) is 5.12. The Kier molecular flexibility index (Phi) is 6.07. The third kappa shape index (κ3) is 5.06. The molecular formula is C12H20N2O4S. The number of benzene rings is 1. The van der Waals surface area contributed by atoms with Gasteiger partial charge in [0.05, 0.1) is 18.6 Å². The zero-order valence-corrected chi connectivity index (χ0v) is 12.0. The van der Waals surface area contributed by atoms with E-state index in [1.54, 1.807) is 18.2 Å². The van der Waals surface area contributed by atoms with E-state index >= 15 is 0 Å². The van der Waals surface area contributed by atoms with E-state index in [4.69, 9.17) is 15.2 Å². The van der Waals surface area contributed by atoms with Crippen LogP contribution in [0.4, 0.5) is 5.69 Å². The van der Waals surface area contributed by atoms with Crippen molar-refractivity contribution >= 4 is 15.7 Å². The van der Waals surface area contributed by atoms with E-state index < -0.39 is 10.0 Å². The minimum Gasteiger partial charge on any atom is -0.495 e. The lowest BCUT2D eigenvalue weighted by Crippen LogP contribution is -2.18. The average molecular weight is 288 g/mol. The number of hydrogen-bond donors (Lipinski definition) is 2. The van der Waals surface area contributed by atoms with Crippen LogP contribution in [-0.2, 0) is 21.3 Å². The monoisotopic (exact) mass is 288 g/mol. The van der Waals surface area contributed by atoms with Gasteiger partial charge in [-0.25, -0.2) is 8.42 Å². The minimum atomic E-state index is -3.40. The number of nitrogens with one attached hydrogen (secondary N) is 1. The number of anilines is 1. The van der Waals surface area contributed by atoms with Crippen LogP contribution >= 0.6 is 0 Å². The molecule has 0 bridgehead atoms. The van der Waals surface area contributed by atoms with Gasteiger partial charge < -0.3 is 15.2 Å². The summed E-state index contributed by atoms with van der Waals surface area (Å²) in [4.78, 5) is 0. The Morgan fingerprint density at radius 1 is 1.32 bits per heavy atom. The van der Waals surface area contributed by atoms with Gasteiger partial charge in [-0.15, -0.1) is 0 Å².